The van der Waals surface area contributed by atoms with Gasteiger partial charge in [-0.05, 0) is 33.3 Å². The molecule has 0 aliphatic carbocycles. The van der Waals surface area contributed by atoms with Gasteiger partial charge < -0.3 is 33.3 Å². The summed E-state index contributed by atoms with van der Waals surface area (Å²) in [5, 5.41) is 4.16. The molecule has 3 saturated heterocycles. The molecule has 0 N–H and O–H groups in total. The summed E-state index contributed by atoms with van der Waals surface area (Å²) in [5.74, 6) is -1.46. The Balaban J connectivity index is 1.23. The van der Waals surface area contributed by atoms with Gasteiger partial charge in [0.05, 0.1) is 18.7 Å². The summed E-state index contributed by atoms with van der Waals surface area (Å²) in [6.45, 7) is 7.78. The van der Waals surface area contributed by atoms with Crippen LogP contribution in [0.15, 0.2) is 35.5 Å². The number of nitrogens with zero attached hydrogens (tertiary/aromatic N) is 1. The van der Waals surface area contributed by atoms with Crippen molar-refractivity contribution in [2.45, 2.75) is 82.7 Å². The van der Waals surface area contributed by atoms with Gasteiger partial charge in [0, 0.05) is 0 Å². The van der Waals surface area contributed by atoms with Gasteiger partial charge in [0.1, 0.15) is 24.4 Å². The SMILES string of the molecule is CC1(C)O[C@H]2[C@@H](O1)[C@@H](CO[C@H]1CC(c3ccccc3)=NO1)O[C@@H]1OC(C)(C)O[C@@H]12. The van der Waals surface area contributed by atoms with Crippen LogP contribution in [0.2, 0.25) is 0 Å². The predicted octanol–water partition coefficient (Wildman–Crippen LogP) is 2.55. The molecule has 3 fully saturated rings. The zero-order valence-corrected chi connectivity index (χ0v) is 17.1. The van der Waals surface area contributed by atoms with Gasteiger partial charge >= 0.3 is 0 Å². The lowest BCUT2D eigenvalue weighted by Gasteiger charge is -2.37. The number of hydrogen-bond acceptors (Lipinski definition) is 8. The topological polar surface area (TPSA) is 77.0 Å². The van der Waals surface area contributed by atoms with Crippen molar-refractivity contribution in [3.05, 3.63) is 35.9 Å². The second-order valence-electron chi connectivity index (χ2n) is 8.68. The van der Waals surface area contributed by atoms with E-state index in [1.807, 2.05) is 58.0 Å². The van der Waals surface area contributed by atoms with Crippen LogP contribution in [0, 0.1) is 0 Å². The van der Waals surface area contributed by atoms with Crippen molar-refractivity contribution < 1.29 is 33.3 Å². The van der Waals surface area contributed by atoms with Gasteiger partial charge in [-0.25, -0.2) is 0 Å². The highest BCUT2D eigenvalue weighted by Crippen LogP contribution is 2.44. The molecular formula is C21H27NO7. The second-order valence-corrected chi connectivity index (χ2v) is 8.68. The van der Waals surface area contributed by atoms with E-state index in [9.17, 15) is 0 Å². The molecule has 29 heavy (non-hydrogen) atoms. The van der Waals surface area contributed by atoms with Crippen LogP contribution in [0.25, 0.3) is 0 Å². The fourth-order valence-corrected chi connectivity index (χ4v) is 4.28. The molecular weight excluding hydrogens is 378 g/mol. The molecule has 4 heterocycles. The molecule has 158 valence electrons. The Morgan fingerprint density at radius 1 is 0.931 bits per heavy atom. The molecule has 0 aromatic heterocycles. The molecule has 0 saturated carbocycles. The second kappa shape index (κ2) is 7.01. The summed E-state index contributed by atoms with van der Waals surface area (Å²) >= 11 is 0. The molecule has 4 aliphatic rings. The number of ether oxygens (including phenoxy) is 6. The van der Waals surface area contributed by atoms with Crippen LogP contribution in [-0.2, 0) is 33.3 Å². The Morgan fingerprint density at radius 2 is 1.62 bits per heavy atom. The highest BCUT2D eigenvalue weighted by atomic mass is 16.9. The van der Waals surface area contributed by atoms with Crippen molar-refractivity contribution >= 4 is 5.71 Å². The molecule has 6 atom stereocenters. The molecule has 0 radical (unpaired) electrons. The normalized spacial score (nSPS) is 39.5. The van der Waals surface area contributed by atoms with Crippen molar-refractivity contribution in [2.75, 3.05) is 6.61 Å². The number of fused-ring (bicyclic) bond motifs is 3. The molecule has 0 amide bonds. The van der Waals surface area contributed by atoms with Gasteiger partial charge in [-0.1, -0.05) is 35.5 Å². The Bertz CT molecular complexity index is 780. The average Bonchev–Trinajstić information content (AvgIpc) is 3.34. The van der Waals surface area contributed by atoms with Gasteiger partial charge in [0.15, 0.2) is 17.9 Å². The molecule has 4 aliphatic heterocycles. The zero-order chi connectivity index (χ0) is 20.2. The summed E-state index contributed by atoms with van der Waals surface area (Å²) < 4.78 is 36.3. The quantitative estimate of drug-likeness (QED) is 0.762. The lowest BCUT2D eigenvalue weighted by atomic mass is 9.99. The van der Waals surface area contributed by atoms with E-state index in [-0.39, 0.29) is 31.0 Å². The van der Waals surface area contributed by atoms with Gasteiger partial charge in [0.25, 0.3) is 0 Å². The minimum atomic E-state index is -0.737. The number of oxime groups is 1. The lowest BCUT2D eigenvalue weighted by Crippen LogP contribution is -2.56. The molecule has 0 bridgehead atoms. The van der Waals surface area contributed by atoms with Crippen molar-refractivity contribution in [1.82, 2.24) is 0 Å². The van der Waals surface area contributed by atoms with Crippen LogP contribution in [0.3, 0.4) is 0 Å². The summed E-state index contributed by atoms with van der Waals surface area (Å²) in [6, 6.07) is 9.93. The van der Waals surface area contributed by atoms with Crippen LogP contribution >= 0.6 is 0 Å². The Hall–Kier alpha value is -1.55. The van der Waals surface area contributed by atoms with Crippen LogP contribution in [0.5, 0.6) is 0 Å². The van der Waals surface area contributed by atoms with E-state index in [0.717, 1.165) is 11.3 Å². The third kappa shape index (κ3) is 3.81. The predicted molar refractivity (Wildman–Crippen MR) is 101 cm³/mol. The van der Waals surface area contributed by atoms with E-state index in [2.05, 4.69) is 5.16 Å². The van der Waals surface area contributed by atoms with Crippen molar-refractivity contribution in [3.8, 4) is 0 Å². The number of benzene rings is 1. The van der Waals surface area contributed by atoms with E-state index < -0.39 is 24.2 Å². The number of hydrogen-bond donors (Lipinski definition) is 0. The average molecular weight is 405 g/mol. The summed E-state index contributed by atoms with van der Waals surface area (Å²) in [6.07, 6.45) is -1.74. The van der Waals surface area contributed by atoms with Gasteiger partial charge in [-0.2, -0.15) is 0 Å². The first-order chi connectivity index (χ1) is 13.8. The van der Waals surface area contributed by atoms with E-state index in [1.165, 1.54) is 0 Å². The Kier molecular flexibility index (Phi) is 4.69. The minimum Gasteiger partial charge on any atom is -0.363 e. The van der Waals surface area contributed by atoms with Gasteiger partial charge in [-0.3, -0.25) is 0 Å². The third-order valence-electron chi connectivity index (χ3n) is 5.44. The van der Waals surface area contributed by atoms with Crippen LogP contribution in [-0.4, -0.2) is 60.9 Å². The first-order valence-electron chi connectivity index (χ1n) is 10.1. The highest BCUT2D eigenvalue weighted by Gasteiger charge is 2.60. The maximum Gasteiger partial charge on any atom is 0.232 e. The lowest BCUT2D eigenvalue weighted by molar-refractivity contribution is -0.254. The molecule has 1 aromatic carbocycles. The Morgan fingerprint density at radius 3 is 2.41 bits per heavy atom. The molecule has 8 nitrogen and oxygen atoms in total. The fraction of sp³-hybridized carbons (Fsp3) is 0.667. The highest BCUT2D eigenvalue weighted by molar-refractivity contribution is 6.01. The summed E-state index contributed by atoms with van der Waals surface area (Å²) in [4.78, 5) is 5.47. The maximum absolute atomic E-state index is 6.15. The molecule has 0 unspecified atom stereocenters. The van der Waals surface area contributed by atoms with Crippen molar-refractivity contribution in [1.29, 1.82) is 0 Å². The first-order valence-corrected chi connectivity index (χ1v) is 10.1. The van der Waals surface area contributed by atoms with Crippen molar-refractivity contribution in [2.24, 2.45) is 5.16 Å². The maximum atomic E-state index is 6.15. The zero-order valence-electron chi connectivity index (χ0n) is 17.1. The Labute approximate surface area is 170 Å². The largest absolute Gasteiger partial charge is 0.363 e. The summed E-state index contributed by atoms with van der Waals surface area (Å²) in [5.41, 5.74) is 1.90. The van der Waals surface area contributed by atoms with Gasteiger partial charge in [-0.15, -0.1) is 0 Å². The van der Waals surface area contributed by atoms with E-state index in [1.54, 1.807) is 0 Å². The third-order valence-corrected chi connectivity index (χ3v) is 5.44. The molecule has 1 aromatic rings. The van der Waals surface area contributed by atoms with E-state index in [4.69, 9.17) is 33.3 Å². The van der Waals surface area contributed by atoms with E-state index in [0.29, 0.717) is 6.42 Å². The van der Waals surface area contributed by atoms with Gasteiger partial charge in [0.2, 0.25) is 6.29 Å². The minimum absolute atomic E-state index is 0.274. The standard InChI is InChI=1S/C21H27NO7/c1-20(2)25-16-14(24-19-18(17(16)26-20)27-21(3,4)28-19)11-23-15-10-13(22-29-15)12-8-6-5-7-9-12/h5-9,14-19H,10-11H2,1-4H3/t14-,15-,16+,17+,18-,19-/m1/s1. The monoisotopic (exact) mass is 405 g/mol. The van der Waals surface area contributed by atoms with E-state index >= 15 is 0 Å². The van der Waals surface area contributed by atoms with Crippen LogP contribution in [0.4, 0.5) is 0 Å². The van der Waals surface area contributed by atoms with Crippen LogP contribution in [0.1, 0.15) is 39.7 Å². The number of rotatable bonds is 4. The molecule has 5 rings (SSSR count). The molecule has 8 heteroatoms. The van der Waals surface area contributed by atoms with Crippen molar-refractivity contribution in [3.63, 3.8) is 0 Å². The van der Waals surface area contributed by atoms with Crippen LogP contribution < -0.4 is 0 Å². The fourth-order valence-electron chi connectivity index (χ4n) is 4.28. The summed E-state index contributed by atoms with van der Waals surface area (Å²) in [7, 11) is 0. The molecule has 0 spiro atoms. The first kappa shape index (κ1) is 19.4. The smallest absolute Gasteiger partial charge is 0.232 e.